The van der Waals surface area contributed by atoms with Gasteiger partial charge in [-0.25, -0.2) is 9.78 Å². The largest absolute Gasteiger partial charge is 0.433 e. The molecule has 2 heterocycles. The number of rotatable bonds is 2. The molecule has 0 radical (unpaired) electrons. The van der Waals surface area contributed by atoms with Crippen molar-refractivity contribution in [3.63, 3.8) is 0 Å². The smallest absolute Gasteiger partial charge is 0.415 e. The van der Waals surface area contributed by atoms with Crippen LogP contribution in [-0.2, 0) is 21.9 Å². The van der Waals surface area contributed by atoms with E-state index in [1.165, 1.54) is 0 Å². The van der Waals surface area contributed by atoms with Crippen LogP contribution in [0.1, 0.15) is 32.2 Å². The third kappa shape index (κ3) is 4.62. The van der Waals surface area contributed by atoms with Gasteiger partial charge in [-0.1, -0.05) is 32.5 Å². The van der Waals surface area contributed by atoms with Crippen molar-refractivity contribution >= 4 is 29.4 Å². The van der Waals surface area contributed by atoms with E-state index >= 15 is 0 Å². The molecular formula is C15H15F6N3O3S. The van der Waals surface area contributed by atoms with Gasteiger partial charge < -0.3 is 10.5 Å². The van der Waals surface area contributed by atoms with Gasteiger partial charge in [0.05, 0.1) is 10.9 Å². The number of nitrogens with two attached hydrogens (primary N) is 1. The van der Waals surface area contributed by atoms with Gasteiger partial charge in [-0.05, 0) is 17.5 Å². The second-order valence-electron chi connectivity index (χ2n) is 6.93. The minimum absolute atomic E-state index is 0.288. The molecule has 1 aromatic heterocycles. The zero-order valence-corrected chi connectivity index (χ0v) is 15.5. The van der Waals surface area contributed by atoms with Crippen molar-refractivity contribution in [2.24, 2.45) is 11.1 Å². The molecule has 1 aromatic rings. The molecule has 2 N–H and O–H groups in total. The SMILES string of the molecule is CC(C)(C)C1SC(OC(N)=O)N(c2cc(C(F)(F)F)nc(C(F)(F)F)c2)C1=O. The van der Waals surface area contributed by atoms with E-state index in [2.05, 4.69) is 4.98 Å². The Bertz CT molecular complexity index is 758. The number of hydrogen-bond donors (Lipinski definition) is 1. The predicted octanol–water partition coefficient (Wildman–Crippen LogP) is 3.99. The maximum Gasteiger partial charge on any atom is 0.433 e. The van der Waals surface area contributed by atoms with Crippen LogP contribution in [0, 0.1) is 5.41 Å². The van der Waals surface area contributed by atoms with E-state index in [0.717, 1.165) is 11.8 Å². The molecule has 0 saturated carbocycles. The summed E-state index contributed by atoms with van der Waals surface area (Å²) in [5.41, 5.74) is -1.78. The Balaban J connectivity index is 2.64. The summed E-state index contributed by atoms with van der Waals surface area (Å²) in [5, 5.41) is -0.909. The number of primary amides is 1. The van der Waals surface area contributed by atoms with Gasteiger partial charge >= 0.3 is 18.4 Å². The van der Waals surface area contributed by atoms with Gasteiger partial charge in [0, 0.05) is 0 Å². The maximum absolute atomic E-state index is 13.0. The Labute approximate surface area is 159 Å². The first-order valence-electron chi connectivity index (χ1n) is 7.63. The van der Waals surface area contributed by atoms with Gasteiger partial charge in [-0.2, -0.15) is 26.3 Å². The number of thioether (sulfide) groups is 1. The topological polar surface area (TPSA) is 85.5 Å². The van der Waals surface area contributed by atoms with E-state index in [1.807, 2.05) is 0 Å². The zero-order chi connectivity index (χ0) is 21.7. The van der Waals surface area contributed by atoms with Crippen LogP contribution in [-0.4, -0.2) is 27.8 Å². The average Bonchev–Trinajstić information content (AvgIpc) is 2.80. The molecule has 1 fully saturated rings. The minimum atomic E-state index is -5.20. The third-order valence-corrected chi connectivity index (χ3v) is 5.32. The van der Waals surface area contributed by atoms with Crippen LogP contribution in [0.25, 0.3) is 0 Å². The van der Waals surface area contributed by atoms with E-state index in [4.69, 9.17) is 10.5 Å². The molecule has 156 valence electrons. The highest BCUT2D eigenvalue weighted by Crippen LogP contribution is 2.45. The summed E-state index contributed by atoms with van der Waals surface area (Å²) in [7, 11) is 0. The van der Waals surface area contributed by atoms with E-state index in [-0.39, 0.29) is 12.1 Å². The molecule has 0 aromatic carbocycles. The molecule has 2 atom stereocenters. The number of anilines is 1. The summed E-state index contributed by atoms with van der Waals surface area (Å²) in [6, 6.07) is 0.576. The van der Waals surface area contributed by atoms with E-state index in [0.29, 0.717) is 4.90 Å². The molecule has 2 rings (SSSR count). The zero-order valence-electron chi connectivity index (χ0n) is 14.7. The van der Waals surface area contributed by atoms with Crippen molar-refractivity contribution < 1.29 is 40.7 Å². The summed E-state index contributed by atoms with van der Waals surface area (Å²) >= 11 is 0.754. The van der Waals surface area contributed by atoms with Gasteiger partial charge in [-0.3, -0.25) is 9.69 Å². The first-order valence-corrected chi connectivity index (χ1v) is 8.57. The Morgan fingerprint density at radius 2 is 1.57 bits per heavy atom. The van der Waals surface area contributed by atoms with E-state index in [1.54, 1.807) is 20.8 Å². The van der Waals surface area contributed by atoms with Crippen molar-refractivity contribution in [2.75, 3.05) is 4.90 Å². The molecule has 1 aliphatic rings. The van der Waals surface area contributed by atoms with Gasteiger partial charge in [0.1, 0.15) is 11.4 Å². The predicted molar refractivity (Wildman–Crippen MR) is 87.0 cm³/mol. The van der Waals surface area contributed by atoms with Crippen molar-refractivity contribution in [2.45, 2.75) is 43.9 Å². The number of nitrogens with zero attached hydrogens (tertiary/aromatic N) is 2. The number of alkyl halides is 6. The first kappa shape index (κ1) is 22.1. The molecular weight excluding hydrogens is 416 g/mol. The lowest BCUT2D eigenvalue weighted by Crippen LogP contribution is -2.40. The van der Waals surface area contributed by atoms with Crippen molar-refractivity contribution in [3.8, 4) is 0 Å². The lowest BCUT2D eigenvalue weighted by atomic mass is 9.91. The molecule has 0 spiro atoms. The number of halogens is 6. The second-order valence-corrected chi connectivity index (χ2v) is 8.07. The molecule has 0 aliphatic carbocycles. The monoisotopic (exact) mass is 431 g/mol. The van der Waals surface area contributed by atoms with Gasteiger partial charge in [0.25, 0.3) is 0 Å². The summed E-state index contributed by atoms with van der Waals surface area (Å²) in [6.07, 6.45) is -11.7. The highest BCUT2D eigenvalue weighted by atomic mass is 32.2. The lowest BCUT2D eigenvalue weighted by Gasteiger charge is -2.25. The van der Waals surface area contributed by atoms with Crippen molar-refractivity contribution in [1.82, 2.24) is 4.98 Å². The quantitative estimate of drug-likeness (QED) is 0.716. The number of carbonyl (C=O) groups is 2. The van der Waals surface area contributed by atoms with Crippen molar-refractivity contribution in [3.05, 3.63) is 23.5 Å². The summed E-state index contributed by atoms with van der Waals surface area (Å²) in [5.74, 6) is -0.823. The Morgan fingerprint density at radius 3 is 1.93 bits per heavy atom. The summed E-state index contributed by atoms with van der Waals surface area (Å²) in [6.45, 7) is 4.92. The maximum atomic E-state index is 13.0. The van der Waals surface area contributed by atoms with Crippen molar-refractivity contribution in [1.29, 1.82) is 0 Å². The molecule has 6 nitrogen and oxygen atoms in total. The Hall–Kier alpha value is -2.18. The van der Waals surface area contributed by atoms with Crippen LogP contribution in [0.3, 0.4) is 0 Å². The highest BCUT2D eigenvalue weighted by Gasteiger charge is 2.49. The fourth-order valence-electron chi connectivity index (χ4n) is 2.41. The second kappa shape index (κ2) is 7.01. The molecule has 0 bridgehead atoms. The number of pyridine rings is 1. The van der Waals surface area contributed by atoms with E-state index in [9.17, 15) is 35.9 Å². The minimum Gasteiger partial charge on any atom is -0.415 e. The number of aromatic nitrogens is 1. The standard InChI is InChI=1S/C15H15F6N3O3S/c1-13(2,3)9-10(25)24(12(28-9)27-11(22)26)6-4-7(14(16,17)18)23-8(5-6)15(19,20)21/h4-5,9,12H,1-3H3,(H2,22,26). The number of ether oxygens (including phenoxy) is 1. The molecule has 1 aliphatic heterocycles. The number of amides is 2. The van der Waals surface area contributed by atoms with Crippen LogP contribution in [0.5, 0.6) is 0 Å². The molecule has 13 heteroatoms. The van der Waals surface area contributed by atoms with Crippen LogP contribution in [0.2, 0.25) is 0 Å². The molecule has 2 amide bonds. The number of carbonyl (C=O) groups excluding carboxylic acids is 2. The van der Waals surface area contributed by atoms with Crippen LogP contribution < -0.4 is 10.6 Å². The highest BCUT2D eigenvalue weighted by molar-refractivity contribution is 8.01. The van der Waals surface area contributed by atoms with Crippen LogP contribution in [0.15, 0.2) is 12.1 Å². The van der Waals surface area contributed by atoms with Gasteiger partial charge in [0.15, 0.2) is 0 Å². The molecule has 28 heavy (non-hydrogen) atoms. The normalized spacial score (nSPS) is 21.2. The summed E-state index contributed by atoms with van der Waals surface area (Å²) in [4.78, 5) is 27.0. The average molecular weight is 431 g/mol. The van der Waals surface area contributed by atoms with E-state index < -0.39 is 57.7 Å². The van der Waals surface area contributed by atoms with Crippen LogP contribution >= 0.6 is 11.8 Å². The van der Waals surface area contributed by atoms with Crippen LogP contribution in [0.4, 0.5) is 36.8 Å². The fourth-order valence-corrected chi connectivity index (χ4v) is 3.78. The molecule has 2 unspecified atom stereocenters. The number of hydrogen-bond acceptors (Lipinski definition) is 5. The third-order valence-electron chi connectivity index (χ3n) is 3.60. The summed E-state index contributed by atoms with van der Waals surface area (Å²) < 4.78 is 83.0. The van der Waals surface area contributed by atoms with Gasteiger partial charge in [0.2, 0.25) is 11.5 Å². The van der Waals surface area contributed by atoms with Gasteiger partial charge in [-0.15, -0.1) is 0 Å². The Kier molecular flexibility index (Phi) is 5.54. The molecule has 1 saturated heterocycles. The lowest BCUT2D eigenvalue weighted by molar-refractivity contribution is -0.150. The Morgan fingerprint density at radius 1 is 1.11 bits per heavy atom. The fraction of sp³-hybridized carbons (Fsp3) is 0.533. The first-order chi connectivity index (χ1) is 12.5.